The number of carboxylic acids is 1. The number of benzene rings is 2. The number of carboxylic acid groups (broad SMARTS) is 1. The molecular weight excluding hydrogens is 386 g/mol. The van der Waals surface area contributed by atoms with E-state index in [1.54, 1.807) is 49.6 Å². The van der Waals surface area contributed by atoms with Crippen molar-refractivity contribution in [2.45, 2.75) is 0 Å². The number of amides is 1. The number of hydrogen-bond acceptors (Lipinski definition) is 6. The molecule has 1 heterocycles. The lowest BCUT2D eigenvalue weighted by Crippen LogP contribution is -2.29. The van der Waals surface area contributed by atoms with Gasteiger partial charge in [-0.15, -0.1) is 0 Å². The zero-order chi connectivity index (χ0) is 19.6. The van der Waals surface area contributed by atoms with Crippen LogP contribution in [0.5, 0.6) is 11.5 Å². The van der Waals surface area contributed by atoms with Crippen LogP contribution in [0.1, 0.15) is 15.9 Å². The van der Waals surface area contributed by atoms with Crippen LogP contribution in [0.15, 0.2) is 47.4 Å². The fraction of sp³-hybridized carbons (Fsp3) is 0.105. The molecule has 6 nitrogen and oxygen atoms in total. The number of hydrogen-bond donors (Lipinski definition) is 1. The van der Waals surface area contributed by atoms with Gasteiger partial charge in [-0.2, -0.15) is 0 Å². The molecule has 27 heavy (non-hydrogen) atoms. The molecular formula is C19H15NO5S2. The van der Waals surface area contributed by atoms with E-state index in [0.29, 0.717) is 16.4 Å². The summed E-state index contributed by atoms with van der Waals surface area (Å²) in [7, 11) is 3.08. The third kappa shape index (κ3) is 3.67. The Morgan fingerprint density at radius 1 is 1.15 bits per heavy atom. The summed E-state index contributed by atoms with van der Waals surface area (Å²) in [5, 5.41) is 9.38. The van der Waals surface area contributed by atoms with Gasteiger partial charge in [0, 0.05) is 0 Å². The van der Waals surface area contributed by atoms with E-state index in [4.69, 9.17) is 21.7 Å². The first-order chi connectivity index (χ1) is 13.0. The van der Waals surface area contributed by atoms with Gasteiger partial charge in [0.1, 0.15) is 0 Å². The smallest absolute Gasteiger partial charge is 0.337 e. The highest BCUT2D eigenvalue weighted by Gasteiger charge is 2.35. The number of rotatable bonds is 5. The monoisotopic (exact) mass is 401 g/mol. The van der Waals surface area contributed by atoms with Crippen molar-refractivity contribution >= 4 is 51.9 Å². The topological polar surface area (TPSA) is 76.1 Å². The van der Waals surface area contributed by atoms with Crippen LogP contribution in [0.25, 0.3) is 6.08 Å². The van der Waals surface area contributed by atoms with Crippen molar-refractivity contribution in [2.75, 3.05) is 19.1 Å². The van der Waals surface area contributed by atoms with Gasteiger partial charge in [0.2, 0.25) is 0 Å². The van der Waals surface area contributed by atoms with Crippen molar-refractivity contribution in [1.82, 2.24) is 0 Å². The van der Waals surface area contributed by atoms with E-state index < -0.39 is 5.97 Å². The van der Waals surface area contributed by atoms with Crippen LogP contribution < -0.4 is 14.4 Å². The van der Waals surface area contributed by atoms with Crippen LogP contribution in [0.3, 0.4) is 0 Å². The lowest BCUT2D eigenvalue weighted by atomic mass is 10.1. The summed E-state index contributed by atoms with van der Waals surface area (Å²) in [6.07, 6.45) is 1.69. The first-order valence-corrected chi connectivity index (χ1v) is 9.01. The summed E-state index contributed by atoms with van der Waals surface area (Å²) < 4.78 is 10.8. The first-order valence-electron chi connectivity index (χ1n) is 7.78. The lowest BCUT2D eigenvalue weighted by molar-refractivity contribution is -0.113. The predicted molar refractivity (Wildman–Crippen MR) is 109 cm³/mol. The van der Waals surface area contributed by atoms with Crippen LogP contribution in [-0.2, 0) is 4.79 Å². The van der Waals surface area contributed by atoms with Crippen LogP contribution in [0, 0.1) is 0 Å². The van der Waals surface area contributed by atoms with Crippen molar-refractivity contribution in [1.29, 1.82) is 0 Å². The lowest BCUT2D eigenvalue weighted by Gasteiger charge is -2.16. The molecule has 1 amide bonds. The van der Waals surface area contributed by atoms with Gasteiger partial charge in [0.05, 0.1) is 30.4 Å². The van der Waals surface area contributed by atoms with E-state index >= 15 is 0 Å². The minimum absolute atomic E-state index is 0.0150. The molecule has 2 aromatic rings. The molecule has 8 heteroatoms. The fourth-order valence-electron chi connectivity index (χ4n) is 2.62. The molecule has 0 bridgehead atoms. The van der Waals surface area contributed by atoms with Crippen LogP contribution in [-0.4, -0.2) is 35.5 Å². The Balaban J connectivity index is 1.98. The van der Waals surface area contributed by atoms with E-state index in [1.165, 1.54) is 18.1 Å². The van der Waals surface area contributed by atoms with Gasteiger partial charge in [0.25, 0.3) is 5.91 Å². The molecule has 138 valence electrons. The van der Waals surface area contributed by atoms with Gasteiger partial charge in [-0.05, 0) is 35.9 Å². The van der Waals surface area contributed by atoms with E-state index in [1.807, 2.05) is 0 Å². The highest BCUT2D eigenvalue weighted by atomic mass is 32.2. The van der Waals surface area contributed by atoms with Gasteiger partial charge in [-0.3, -0.25) is 9.69 Å². The maximum absolute atomic E-state index is 12.9. The van der Waals surface area contributed by atoms with Gasteiger partial charge >= 0.3 is 5.97 Å². The number of thioether (sulfide) groups is 1. The molecule has 1 aliphatic heterocycles. The van der Waals surface area contributed by atoms with E-state index in [9.17, 15) is 14.7 Å². The Kier molecular flexibility index (Phi) is 5.48. The van der Waals surface area contributed by atoms with E-state index in [2.05, 4.69) is 0 Å². The average molecular weight is 401 g/mol. The molecule has 0 unspecified atom stereocenters. The van der Waals surface area contributed by atoms with Crippen molar-refractivity contribution in [2.24, 2.45) is 0 Å². The molecule has 0 aromatic heterocycles. The summed E-state index contributed by atoms with van der Waals surface area (Å²) in [5.41, 5.74) is 1.00. The van der Waals surface area contributed by atoms with E-state index in [-0.39, 0.29) is 21.5 Å². The average Bonchev–Trinajstić information content (AvgIpc) is 2.94. The Bertz CT molecular complexity index is 970. The Morgan fingerprint density at radius 2 is 1.85 bits per heavy atom. The van der Waals surface area contributed by atoms with Gasteiger partial charge < -0.3 is 14.6 Å². The zero-order valence-electron chi connectivity index (χ0n) is 14.5. The fourth-order valence-corrected chi connectivity index (χ4v) is 3.90. The maximum atomic E-state index is 12.9. The van der Waals surface area contributed by atoms with Gasteiger partial charge in [0.15, 0.2) is 15.8 Å². The number of para-hydroxylation sites is 1. The molecule has 3 rings (SSSR count). The van der Waals surface area contributed by atoms with E-state index in [0.717, 1.165) is 17.3 Å². The zero-order valence-corrected chi connectivity index (χ0v) is 16.1. The number of thiocarbonyl (C=S) groups is 1. The van der Waals surface area contributed by atoms with Crippen molar-refractivity contribution in [3.63, 3.8) is 0 Å². The Morgan fingerprint density at radius 3 is 2.52 bits per heavy atom. The summed E-state index contributed by atoms with van der Waals surface area (Å²) >= 11 is 6.44. The number of nitrogens with zero attached hydrogens (tertiary/aromatic N) is 1. The van der Waals surface area contributed by atoms with Crippen molar-refractivity contribution < 1.29 is 24.2 Å². The number of aromatic carboxylic acids is 1. The first kappa shape index (κ1) is 18.9. The Labute approximate surface area is 165 Å². The standard InChI is InChI=1S/C19H15NO5S2/c1-24-14-8-7-11(9-15(14)25-2)10-16-17(21)20(19(26)27-16)13-6-4-3-5-12(13)18(22)23/h3-10H,1-2H3,(H,22,23)/b16-10-. The number of ether oxygens (including phenoxy) is 2. The third-order valence-corrected chi connectivity index (χ3v) is 5.18. The number of methoxy groups -OCH3 is 2. The molecule has 0 radical (unpaired) electrons. The summed E-state index contributed by atoms with van der Waals surface area (Å²) in [4.78, 5) is 26.0. The molecule has 0 spiro atoms. The summed E-state index contributed by atoms with van der Waals surface area (Å²) in [6.45, 7) is 0. The van der Waals surface area contributed by atoms with Crippen LogP contribution in [0.4, 0.5) is 5.69 Å². The number of carbonyl (C=O) groups excluding carboxylic acids is 1. The summed E-state index contributed by atoms with van der Waals surface area (Å²) in [5.74, 6) is -0.368. The molecule has 1 saturated heterocycles. The second-order valence-corrected chi connectivity index (χ2v) is 7.13. The molecule has 0 aliphatic carbocycles. The molecule has 0 saturated carbocycles. The molecule has 2 aromatic carbocycles. The highest BCUT2D eigenvalue weighted by molar-refractivity contribution is 8.27. The van der Waals surface area contributed by atoms with Crippen LogP contribution in [0.2, 0.25) is 0 Å². The quantitative estimate of drug-likeness (QED) is 0.603. The van der Waals surface area contributed by atoms with Gasteiger partial charge in [-0.1, -0.05) is 42.2 Å². The van der Waals surface area contributed by atoms with Crippen LogP contribution >= 0.6 is 24.0 Å². The highest BCUT2D eigenvalue weighted by Crippen LogP contribution is 2.38. The van der Waals surface area contributed by atoms with Crippen molar-refractivity contribution in [3.05, 3.63) is 58.5 Å². The van der Waals surface area contributed by atoms with Crippen molar-refractivity contribution in [3.8, 4) is 11.5 Å². The Hall–Kier alpha value is -2.84. The molecule has 1 fully saturated rings. The second-order valence-electron chi connectivity index (χ2n) is 5.45. The largest absolute Gasteiger partial charge is 0.493 e. The predicted octanol–water partition coefficient (Wildman–Crippen LogP) is 3.81. The minimum Gasteiger partial charge on any atom is -0.493 e. The molecule has 0 atom stereocenters. The second kappa shape index (κ2) is 7.81. The minimum atomic E-state index is -1.12. The van der Waals surface area contributed by atoms with Gasteiger partial charge in [-0.25, -0.2) is 4.79 Å². The third-order valence-electron chi connectivity index (χ3n) is 3.87. The number of carbonyl (C=O) groups is 2. The maximum Gasteiger partial charge on any atom is 0.337 e. The summed E-state index contributed by atoms with van der Waals surface area (Å²) in [6, 6.07) is 11.5. The normalized spacial score (nSPS) is 15.3. The molecule has 1 N–H and O–H groups in total. The number of anilines is 1. The molecule has 1 aliphatic rings. The SMILES string of the molecule is COc1ccc(/C=C2\SC(=S)N(c3ccccc3C(=O)O)C2=O)cc1OC.